The Morgan fingerprint density at radius 1 is 1.24 bits per heavy atom. The summed E-state index contributed by atoms with van der Waals surface area (Å²) in [5, 5.41) is 16.4. The molecule has 142 valence electrons. The molecule has 0 atom stereocenters. The zero-order valence-electron chi connectivity index (χ0n) is 14.4. The van der Waals surface area contributed by atoms with Gasteiger partial charge < -0.3 is 29.4 Å². The highest BCUT2D eigenvalue weighted by atomic mass is 31.2. The summed E-state index contributed by atoms with van der Waals surface area (Å²) < 4.78 is 14.4. The van der Waals surface area contributed by atoms with Crippen LogP contribution in [0, 0.1) is 0 Å². The molecule has 0 aromatic heterocycles. The van der Waals surface area contributed by atoms with Gasteiger partial charge in [-0.05, 0) is 25.6 Å². The molecule has 0 aliphatic carbocycles. The molecule has 0 amide bonds. The number of nitrogens with zero attached hydrogens (tertiary/aromatic N) is 3. The van der Waals surface area contributed by atoms with Gasteiger partial charge in [0.2, 0.25) is 0 Å². The highest BCUT2D eigenvalue weighted by Gasteiger charge is 2.11. The Bertz CT molecular complexity index is 591. The molecule has 9 nitrogen and oxygen atoms in total. The number of ether oxygens (including phenoxy) is 1. The number of rotatable bonds is 5. The van der Waals surface area contributed by atoms with Crippen LogP contribution < -0.4 is 4.74 Å². The van der Waals surface area contributed by atoms with Gasteiger partial charge in [-0.25, -0.2) is 4.57 Å². The maximum atomic E-state index is 9.96. The molecular formula is C15H26N3O6P. The first kappa shape index (κ1) is 21.4. The summed E-state index contributed by atoms with van der Waals surface area (Å²) in [5.41, 5.74) is 0.716. The third-order valence-corrected chi connectivity index (χ3v) is 3.31. The Morgan fingerprint density at radius 3 is 2.36 bits per heavy atom. The fraction of sp³-hybridized carbons (Fsp3) is 0.533. The predicted octanol–water partition coefficient (Wildman–Crippen LogP) is 0.834. The predicted molar refractivity (Wildman–Crippen MR) is 94.8 cm³/mol. The Labute approximate surface area is 147 Å². The van der Waals surface area contributed by atoms with E-state index in [0.29, 0.717) is 17.9 Å². The number of phenols is 1. The van der Waals surface area contributed by atoms with Crippen LogP contribution in [0.4, 0.5) is 0 Å². The van der Waals surface area contributed by atoms with Gasteiger partial charge in [0.05, 0.1) is 12.8 Å². The smallest absolute Gasteiger partial charge is 0.466 e. The van der Waals surface area contributed by atoms with Crippen molar-refractivity contribution in [3.8, 4) is 11.5 Å². The maximum Gasteiger partial charge on any atom is 0.466 e. The third kappa shape index (κ3) is 10.1. The lowest BCUT2D eigenvalue weighted by molar-refractivity contribution is 0.159. The Kier molecular flexibility index (Phi) is 8.88. The lowest BCUT2D eigenvalue weighted by Gasteiger charge is -2.30. The molecule has 4 N–H and O–H groups in total. The van der Waals surface area contributed by atoms with E-state index in [9.17, 15) is 5.11 Å². The van der Waals surface area contributed by atoms with Crippen molar-refractivity contribution in [2.45, 2.75) is 13.3 Å². The summed E-state index contributed by atoms with van der Waals surface area (Å²) in [6.45, 7) is 6.60. The number of likely N-dealkylation sites (N-methyl/N-ethyl adjacent to an activating group) is 1. The zero-order valence-corrected chi connectivity index (χ0v) is 15.3. The van der Waals surface area contributed by atoms with Crippen LogP contribution in [0.25, 0.3) is 0 Å². The summed E-state index contributed by atoms with van der Waals surface area (Å²) in [5.74, 6) is 0.901. The summed E-state index contributed by atoms with van der Waals surface area (Å²) in [4.78, 5) is 23.8. The largest absolute Gasteiger partial charge is 0.507 e. The van der Waals surface area contributed by atoms with Gasteiger partial charge >= 0.3 is 7.82 Å². The minimum Gasteiger partial charge on any atom is -0.507 e. The lowest BCUT2D eigenvalue weighted by Crippen LogP contribution is -2.41. The molecule has 2 rings (SSSR count). The van der Waals surface area contributed by atoms with Crippen LogP contribution >= 0.6 is 7.82 Å². The number of phosphoric acid groups is 1. The lowest BCUT2D eigenvalue weighted by atomic mass is 10.2. The van der Waals surface area contributed by atoms with Crippen molar-refractivity contribution in [3.63, 3.8) is 0 Å². The van der Waals surface area contributed by atoms with Crippen LogP contribution in [0.2, 0.25) is 0 Å². The number of hydrogen-bond acceptors (Lipinski definition) is 6. The molecule has 1 heterocycles. The summed E-state index contributed by atoms with van der Waals surface area (Å²) in [6, 6.07) is 5.33. The second-order valence-electron chi connectivity index (χ2n) is 5.58. The molecule has 0 radical (unpaired) electrons. The topological polar surface area (TPSA) is 126 Å². The monoisotopic (exact) mass is 375 g/mol. The molecule has 25 heavy (non-hydrogen) atoms. The van der Waals surface area contributed by atoms with E-state index >= 15 is 0 Å². The van der Waals surface area contributed by atoms with Crippen LogP contribution in [-0.2, 0) is 4.57 Å². The van der Waals surface area contributed by atoms with Gasteiger partial charge in [0.25, 0.3) is 0 Å². The van der Waals surface area contributed by atoms with E-state index in [1.54, 1.807) is 12.3 Å². The van der Waals surface area contributed by atoms with E-state index in [2.05, 4.69) is 24.0 Å². The van der Waals surface area contributed by atoms with E-state index in [1.807, 2.05) is 17.1 Å². The van der Waals surface area contributed by atoms with E-state index in [0.717, 1.165) is 32.6 Å². The quantitative estimate of drug-likeness (QED) is 0.440. The van der Waals surface area contributed by atoms with Crippen LogP contribution in [0.15, 0.2) is 23.3 Å². The van der Waals surface area contributed by atoms with Crippen molar-refractivity contribution in [1.29, 1.82) is 0 Å². The number of aromatic hydroxyl groups is 1. The van der Waals surface area contributed by atoms with E-state index < -0.39 is 7.82 Å². The SMILES string of the molecule is CCCOc1ccc(C=NN2CCN(C)CC2)c(O)c1.O=P(O)(O)O. The van der Waals surface area contributed by atoms with Crippen LogP contribution in [0.1, 0.15) is 18.9 Å². The van der Waals surface area contributed by atoms with Crippen molar-refractivity contribution in [1.82, 2.24) is 9.91 Å². The second-order valence-corrected chi connectivity index (χ2v) is 6.61. The Hall–Kier alpha value is -1.64. The minimum absolute atomic E-state index is 0.205. The van der Waals surface area contributed by atoms with E-state index in [-0.39, 0.29) is 5.75 Å². The van der Waals surface area contributed by atoms with Gasteiger partial charge in [0, 0.05) is 37.8 Å². The maximum absolute atomic E-state index is 9.96. The number of benzene rings is 1. The Morgan fingerprint density at radius 2 is 1.84 bits per heavy atom. The molecule has 10 heteroatoms. The molecule has 0 unspecified atom stereocenters. The van der Waals surface area contributed by atoms with Gasteiger partial charge in [-0.2, -0.15) is 5.10 Å². The van der Waals surface area contributed by atoms with Crippen molar-refractivity contribution < 1.29 is 29.1 Å². The molecule has 1 aliphatic heterocycles. The van der Waals surface area contributed by atoms with Crippen LogP contribution in [-0.4, -0.2) is 75.7 Å². The number of phenolic OH excluding ortho intramolecular Hbond substituents is 1. The van der Waals surface area contributed by atoms with Crippen molar-refractivity contribution >= 4 is 14.0 Å². The van der Waals surface area contributed by atoms with Gasteiger partial charge in [0.15, 0.2) is 0 Å². The number of piperazine rings is 1. The van der Waals surface area contributed by atoms with Crippen molar-refractivity contribution in [3.05, 3.63) is 23.8 Å². The minimum atomic E-state index is -4.64. The van der Waals surface area contributed by atoms with Gasteiger partial charge in [-0.15, -0.1) is 0 Å². The molecule has 1 saturated heterocycles. The number of hydrazone groups is 1. The fourth-order valence-electron chi connectivity index (χ4n) is 2.00. The van der Waals surface area contributed by atoms with Crippen molar-refractivity contribution in [2.24, 2.45) is 5.10 Å². The molecule has 0 saturated carbocycles. The summed E-state index contributed by atoms with van der Waals surface area (Å²) in [6.07, 6.45) is 2.66. The highest BCUT2D eigenvalue weighted by Crippen LogP contribution is 2.25. The molecule has 1 aliphatic rings. The number of hydrogen-bond donors (Lipinski definition) is 4. The van der Waals surface area contributed by atoms with Gasteiger partial charge in [0.1, 0.15) is 11.5 Å². The average Bonchev–Trinajstić information content (AvgIpc) is 2.52. The first-order chi connectivity index (χ1) is 11.7. The molecule has 0 bridgehead atoms. The van der Waals surface area contributed by atoms with Gasteiger partial charge in [-0.1, -0.05) is 6.92 Å². The Balaban J connectivity index is 0.000000550. The highest BCUT2D eigenvalue weighted by molar-refractivity contribution is 7.45. The third-order valence-electron chi connectivity index (χ3n) is 3.31. The normalized spacial score (nSPS) is 15.8. The molecule has 1 aromatic rings. The standard InChI is InChI=1S/C15H23N3O2.H3O4P/c1-3-10-20-14-5-4-13(15(19)11-14)12-16-18-8-6-17(2)7-9-18;1-5(2,3)4/h4-5,11-12,19H,3,6-10H2,1-2H3;(H3,1,2,3,4). The summed E-state index contributed by atoms with van der Waals surface area (Å²) in [7, 11) is -2.53. The van der Waals surface area contributed by atoms with E-state index in [1.165, 1.54) is 0 Å². The molecule has 1 aromatic carbocycles. The molecule has 0 spiro atoms. The zero-order chi connectivity index (χ0) is 18.9. The first-order valence-electron chi connectivity index (χ1n) is 7.90. The van der Waals surface area contributed by atoms with Crippen LogP contribution in [0.3, 0.4) is 0 Å². The van der Waals surface area contributed by atoms with Gasteiger partial charge in [-0.3, -0.25) is 5.01 Å². The first-order valence-corrected chi connectivity index (χ1v) is 9.47. The van der Waals surface area contributed by atoms with Crippen LogP contribution in [0.5, 0.6) is 11.5 Å². The molecule has 1 fully saturated rings. The second kappa shape index (κ2) is 10.4. The average molecular weight is 375 g/mol. The van der Waals surface area contributed by atoms with Crippen molar-refractivity contribution in [2.75, 3.05) is 39.8 Å². The molecular weight excluding hydrogens is 349 g/mol. The van der Waals surface area contributed by atoms with E-state index in [4.69, 9.17) is 24.0 Å². The summed E-state index contributed by atoms with van der Waals surface area (Å²) >= 11 is 0. The fourth-order valence-corrected chi connectivity index (χ4v) is 2.00.